The lowest BCUT2D eigenvalue weighted by atomic mass is 10.00. The van der Waals surface area contributed by atoms with Gasteiger partial charge in [-0.2, -0.15) is 4.39 Å². The van der Waals surface area contributed by atoms with E-state index in [9.17, 15) is 9.18 Å². The van der Waals surface area contributed by atoms with E-state index in [0.717, 1.165) is 5.56 Å². The lowest BCUT2D eigenvalue weighted by molar-refractivity contribution is 0.0459. The molecule has 15 heavy (non-hydrogen) atoms. The molecule has 82 valence electrons. The van der Waals surface area contributed by atoms with Crippen LogP contribution in [0.4, 0.5) is 9.18 Å². The van der Waals surface area contributed by atoms with E-state index in [1.54, 1.807) is 19.9 Å². The number of hydrogen-bond acceptors (Lipinski definition) is 3. The third kappa shape index (κ3) is 3.93. The van der Waals surface area contributed by atoms with E-state index < -0.39 is 17.6 Å². The maximum atomic E-state index is 12.5. The van der Waals surface area contributed by atoms with Crippen molar-refractivity contribution < 1.29 is 13.9 Å². The molecule has 1 heterocycles. The molecule has 1 aromatic heterocycles. The Bertz CT molecular complexity index is 349. The van der Waals surface area contributed by atoms with Crippen LogP contribution in [0, 0.1) is 5.95 Å². The van der Waals surface area contributed by atoms with Crippen LogP contribution in [0.5, 0.6) is 0 Å². The first kappa shape index (κ1) is 11.4. The summed E-state index contributed by atoms with van der Waals surface area (Å²) in [5.41, 5.74) is 4.98. The minimum absolute atomic E-state index is 0.434. The number of primary amides is 1. The molecule has 0 radical (unpaired) electrons. The highest BCUT2D eigenvalue weighted by molar-refractivity contribution is 5.65. The minimum atomic E-state index is -0.824. The van der Waals surface area contributed by atoms with Crippen LogP contribution in [-0.2, 0) is 11.2 Å². The molecule has 2 N–H and O–H groups in total. The van der Waals surface area contributed by atoms with Gasteiger partial charge in [-0.05, 0) is 25.5 Å². The fourth-order valence-corrected chi connectivity index (χ4v) is 1.31. The molecule has 0 aromatic carbocycles. The van der Waals surface area contributed by atoms with E-state index in [1.807, 2.05) is 0 Å². The quantitative estimate of drug-likeness (QED) is 0.774. The SMILES string of the molecule is CC(C)(Cc1ccc(F)nc1)OC(N)=O. The minimum Gasteiger partial charge on any atom is -0.443 e. The second kappa shape index (κ2) is 4.25. The van der Waals surface area contributed by atoms with E-state index in [-0.39, 0.29) is 0 Å². The average molecular weight is 212 g/mol. The van der Waals surface area contributed by atoms with Gasteiger partial charge in [-0.25, -0.2) is 9.78 Å². The van der Waals surface area contributed by atoms with Gasteiger partial charge in [0.15, 0.2) is 0 Å². The van der Waals surface area contributed by atoms with Gasteiger partial charge in [0.1, 0.15) is 5.60 Å². The van der Waals surface area contributed by atoms with Crippen LogP contribution in [-0.4, -0.2) is 16.7 Å². The second-order valence-corrected chi connectivity index (χ2v) is 3.85. The zero-order valence-corrected chi connectivity index (χ0v) is 8.66. The summed E-state index contributed by atoms with van der Waals surface area (Å²) in [6, 6.07) is 2.85. The molecule has 0 bridgehead atoms. The third-order valence-electron chi connectivity index (χ3n) is 1.80. The number of amides is 1. The average Bonchev–Trinajstić information content (AvgIpc) is 2.06. The molecule has 0 aliphatic heterocycles. The van der Waals surface area contributed by atoms with Crippen molar-refractivity contribution in [3.05, 3.63) is 29.8 Å². The second-order valence-electron chi connectivity index (χ2n) is 3.85. The van der Waals surface area contributed by atoms with Gasteiger partial charge in [-0.15, -0.1) is 0 Å². The third-order valence-corrected chi connectivity index (χ3v) is 1.80. The summed E-state index contributed by atoms with van der Waals surface area (Å²) in [4.78, 5) is 14.1. The molecular formula is C10H13FN2O2. The monoisotopic (exact) mass is 212 g/mol. The van der Waals surface area contributed by atoms with E-state index in [4.69, 9.17) is 10.5 Å². The first-order valence-electron chi connectivity index (χ1n) is 4.48. The first-order valence-corrected chi connectivity index (χ1v) is 4.48. The van der Waals surface area contributed by atoms with Crippen LogP contribution < -0.4 is 5.73 Å². The molecular weight excluding hydrogens is 199 g/mol. The molecule has 0 fully saturated rings. The van der Waals surface area contributed by atoms with Gasteiger partial charge in [-0.3, -0.25) is 0 Å². The summed E-state index contributed by atoms with van der Waals surface area (Å²) in [6.45, 7) is 3.45. The first-order chi connectivity index (χ1) is 6.89. The number of rotatable bonds is 3. The highest BCUT2D eigenvalue weighted by atomic mass is 19.1. The highest BCUT2D eigenvalue weighted by Gasteiger charge is 2.22. The Labute approximate surface area is 87.3 Å². The van der Waals surface area contributed by atoms with Gasteiger partial charge >= 0.3 is 6.09 Å². The fraction of sp³-hybridized carbons (Fsp3) is 0.400. The van der Waals surface area contributed by atoms with Crippen LogP contribution in [0.15, 0.2) is 18.3 Å². The number of carbonyl (C=O) groups is 1. The summed E-state index contributed by atoms with van der Waals surface area (Å²) in [5, 5.41) is 0. The standard InChI is InChI=1S/C10H13FN2O2/c1-10(2,15-9(12)14)5-7-3-4-8(11)13-6-7/h3-4,6H,5H2,1-2H3,(H2,12,14). The number of aromatic nitrogens is 1. The summed E-state index contributed by atoms with van der Waals surface area (Å²) >= 11 is 0. The van der Waals surface area contributed by atoms with E-state index in [1.165, 1.54) is 12.3 Å². The van der Waals surface area contributed by atoms with Gasteiger partial charge in [0.2, 0.25) is 5.95 Å². The number of carbonyl (C=O) groups excluding carboxylic acids is 1. The molecule has 0 saturated carbocycles. The Hall–Kier alpha value is -1.65. The lowest BCUT2D eigenvalue weighted by Crippen LogP contribution is -2.33. The largest absolute Gasteiger partial charge is 0.443 e. The Morgan fingerprint density at radius 1 is 1.60 bits per heavy atom. The topological polar surface area (TPSA) is 65.2 Å². The molecule has 4 nitrogen and oxygen atoms in total. The van der Waals surface area contributed by atoms with Crippen molar-refractivity contribution in [1.82, 2.24) is 4.98 Å². The number of hydrogen-bond donors (Lipinski definition) is 1. The van der Waals surface area contributed by atoms with E-state index in [0.29, 0.717) is 6.42 Å². The van der Waals surface area contributed by atoms with Gasteiger partial charge in [0.25, 0.3) is 0 Å². The Kier molecular flexibility index (Phi) is 3.24. The van der Waals surface area contributed by atoms with Crippen LogP contribution in [0.25, 0.3) is 0 Å². The Morgan fingerprint density at radius 3 is 2.73 bits per heavy atom. The molecule has 0 aliphatic carbocycles. The zero-order chi connectivity index (χ0) is 11.5. The normalized spacial score (nSPS) is 11.1. The fourth-order valence-electron chi connectivity index (χ4n) is 1.31. The van der Waals surface area contributed by atoms with Crippen LogP contribution in [0.3, 0.4) is 0 Å². The maximum absolute atomic E-state index is 12.5. The van der Waals surface area contributed by atoms with Crippen molar-refractivity contribution in [3.63, 3.8) is 0 Å². The number of pyridine rings is 1. The number of nitrogens with zero attached hydrogens (tertiary/aromatic N) is 1. The molecule has 0 aliphatic rings. The van der Waals surface area contributed by atoms with Crippen molar-refractivity contribution in [2.45, 2.75) is 25.9 Å². The molecule has 0 saturated heterocycles. The van der Waals surface area contributed by atoms with Gasteiger partial charge in [0, 0.05) is 12.6 Å². The molecule has 1 rings (SSSR count). The molecule has 0 spiro atoms. The summed E-state index contributed by atoms with van der Waals surface area (Å²) in [7, 11) is 0. The predicted octanol–water partition coefficient (Wildman–Crippen LogP) is 1.64. The molecule has 5 heteroatoms. The molecule has 1 amide bonds. The highest BCUT2D eigenvalue weighted by Crippen LogP contribution is 2.16. The molecule has 1 aromatic rings. The van der Waals surface area contributed by atoms with Crippen molar-refractivity contribution in [2.75, 3.05) is 0 Å². The lowest BCUT2D eigenvalue weighted by Gasteiger charge is -2.23. The van der Waals surface area contributed by atoms with Gasteiger partial charge in [0.05, 0.1) is 0 Å². The maximum Gasteiger partial charge on any atom is 0.405 e. The number of nitrogens with two attached hydrogens (primary N) is 1. The predicted molar refractivity (Wildman–Crippen MR) is 52.6 cm³/mol. The van der Waals surface area contributed by atoms with Crippen LogP contribution >= 0.6 is 0 Å². The summed E-state index contributed by atoms with van der Waals surface area (Å²) in [5.74, 6) is -0.535. The Balaban J connectivity index is 2.68. The van der Waals surface area contributed by atoms with E-state index in [2.05, 4.69) is 4.98 Å². The smallest absolute Gasteiger partial charge is 0.405 e. The van der Waals surface area contributed by atoms with Crippen molar-refractivity contribution >= 4 is 6.09 Å². The Morgan fingerprint density at radius 2 is 2.27 bits per heavy atom. The summed E-state index contributed by atoms with van der Waals surface area (Å²) < 4.78 is 17.4. The van der Waals surface area contributed by atoms with Crippen LogP contribution in [0.1, 0.15) is 19.4 Å². The van der Waals surface area contributed by atoms with E-state index >= 15 is 0 Å². The van der Waals surface area contributed by atoms with Crippen molar-refractivity contribution in [2.24, 2.45) is 5.73 Å². The zero-order valence-electron chi connectivity index (χ0n) is 8.66. The molecule has 0 unspecified atom stereocenters. The summed E-state index contributed by atoms with van der Waals surface area (Å²) in [6.07, 6.45) is 1.01. The number of ether oxygens (including phenoxy) is 1. The molecule has 0 atom stereocenters. The van der Waals surface area contributed by atoms with Gasteiger partial charge < -0.3 is 10.5 Å². The van der Waals surface area contributed by atoms with Gasteiger partial charge in [-0.1, -0.05) is 6.07 Å². The van der Waals surface area contributed by atoms with Crippen LogP contribution in [0.2, 0.25) is 0 Å². The van der Waals surface area contributed by atoms with Crippen molar-refractivity contribution in [3.8, 4) is 0 Å². The number of halogens is 1. The van der Waals surface area contributed by atoms with Crippen molar-refractivity contribution in [1.29, 1.82) is 0 Å².